The minimum Gasteiger partial charge on any atom is -0.497 e. The smallest absolute Gasteiger partial charge is 0.247 e. The number of alkyl halides is 1. The molecule has 1 fully saturated rings. The summed E-state index contributed by atoms with van der Waals surface area (Å²) in [6, 6.07) is 28.7. The third-order valence-electron chi connectivity index (χ3n) is 7.31. The molecule has 1 saturated carbocycles. The summed E-state index contributed by atoms with van der Waals surface area (Å²) < 4.78 is 7.50. The van der Waals surface area contributed by atoms with E-state index in [0.29, 0.717) is 0 Å². The van der Waals surface area contributed by atoms with Crippen LogP contribution in [0, 0.1) is 0 Å². The van der Waals surface area contributed by atoms with Crippen molar-refractivity contribution < 1.29 is 14.3 Å². The number of rotatable bonds is 7. The minimum atomic E-state index is -0.840. The Morgan fingerprint density at radius 1 is 0.921 bits per heavy atom. The van der Waals surface area contributed by atoms with Crippen molar-refractivity contribution in [3.8, 4) is 11.4 Å². The molecule has 2 heterocycles. The van der Waals surface area contributed by atoms with Crippen molar-refractivity contribution in [1.29, 1.82) is 0 Å². The summed E-state index contributed by atoms with van der Waals surface area (Å²) in [6.07, 6.45) is 3.77. The number of para-hydroxylation sites is 2. The van der Waals surface area contributed by atoms with E-state index in [4.69, 9.17) is 16.3 Å². The monoisotopic (exact) mass is 525 g/mol. The molecule has 6 nitrogen and oxygen atoms in total. The summed E-state index contributed by atoms with van der Waals surface area (Å²) in [5.41, 5.74) is 4.39. The van der Waals surface area contributed by atoms with E-state index in [0.717, 1.165) is 46.8 Å². The second-order valence-corrected chi connectivity index (χ2v) is 10.1. The zero-order valence-electron chi connectivity index (χ0n) is 21.0. The number of carbonyl (C=O) groups excluding carboxylic acids is 2. The van der Waals surface area contributed by atoms with Gasteiger partial charge in [-0.25, -0.2) is 0 Å². The van der Waals surface area contributed by atoms with Crippen LogP contribution in [-0.2, 0) is 9.59 Å². The maximum absolute atomic E-state index is 14.3. The third-order valence-corrected chi connectivity index (χ3v) is 7.74. The van der Waals surface area contributed by atoms with Crippen molar-refractivity contribution in [2.24, 2.45) is 0 Å². The van der Waals surface area contributed by atoms with Gasteiger partial charge >= 0.3 is 0 Å². The topological polar surface area (TPSA) is 54.8 Å². The molecule has 0 spiro atoms. The van der Waals surface area contributed by atoms with Gasteiger partial charge < -0.3 is 14.2 Å². The van der Waals surface area contributed by atoms with E-state index in [2.05, 4.69) is 4.57 Å². The number of amides is 2. The number of anilines is 1. The van der Waals surface area contributed by atoms with Gasteiger partial charge in [-0.15, -0.1) is 11.6 Å². The van der Waals surface area contributed by atoms with Crippen molar-refractivity contribution in [2.75, 3.05) is 18.6 Å². The third kappa shape index (κ3) is 4.35. The van der Waals surface area contributed by atoms with Gasteiger partial charge in [0.05, 0.1) is 24.2 Å². The Kier molecular flexibility index (Phi) is 6.42. The van der Waals surface area contributed by atoms with E-state index < -0.39 is 5.38 Å². The van der Waals surface area contributed by atoms with Gasteiger partial charge in [0.15, 0.2) is 0 Å². The van der Waals surface area contributed by atoms with Crippen molar-refractivity contribution in [2.45, 2.75) is 30.3 Å². The molecule has 0 radical (unpaired) electrons. The highest BCUT2D eigenvalue weighted by atomic mass is 35.5. The molecule has 2 atom stereocenters. The molecule has 4 aromatic rings. The van der Waals surface area contributed by atoms with E-state index in [1.165, 1.54) is 0 Å². The molecule has 1 aliphatic heterocycles. The van der Waals surface area contributed by atoms with Gasteiger partial charge in [0, 0.05) is 12.2 Å². The lowest BCUT2D eigenvalue weighted by molar-refractivity contribution is -0.135. The Labute approximate surface area is 227 Å². The van der Waals surface area contributed by atoms with Crippen LogP contribution in [-0.4, -0.2) is 41.0 Å². The summed E-state index contributed by atoms with van der Waals surface area (Å²) in [5, 5.41) is -0.840. The summed E-state index contributed by atoms with van der Waals surface area (Å²) in [5.74, 6) is 0.365. The number of ether oxygens (including phenoxy) is 1. The fourth-order valence-corrected chi connectivity index (χ4v) is 5.54. The number of methoxy groups -OCH3 is 1. The normalized spacial score (nSPS) is 16.8. The van der Waals surface area contributed by atoms with Gasteiger partial charge in [-0.2, -0.15) is 0 Å². The zero-order chi connectivity index (χ0) is 26.2. The van der Waals surface area contributed by atoms with Crippen molar-refractivity contribution in [1.82, 2.24) is 9.47 Å². The lowest BCUT2D eigenvalue weighted by Gasteiger charge is -2.39. The van der Waals surface area contributed by atoms with Crippen LogP contribution in [0.2, 0.25) is 0 Å². The molecular weight excluding hydrogens is 498 g/mol. The van der Waals surface area contributed by atoms with E-state index in [9.17, 15) is 9.59 Å². The average molecular weight is 526 g/mol. The summed E-state index contributed by atoms with van der Waals surface area (Å²) in [6.45, 7) is -0.0404. The molecule has 3 aromatic carbocycles. The molecular formula is C31H28ClN3O3. The first-order valence-corrected chi connectivity index (χ1v) is 13.2. The number of fused-ring (bicyclic) bond motifs is 3. The fraction of sp³-hybridized carbons (Fsp3) is 0.226. The minimum absolute atomic E-state index is 0.0275. The molecule has 1 aromatic heterocycles. The first-order valence-electron chi connectivity index (χ1n) is 12.8. The van der Waals surface area contributed by atoms with E-state index in [-0.39, 0.29) is 30.4 Å². The number of benzene rings is 3. The van der Waals surface area contributed by atoms with Crippen LogP contribution in [0.1, 0.15) is 41.1 Å². The Morgan fingerprint density at radius 3 is 2.29 bits per heavy atom. The van der Waals surface area contributed by atoms with Crippen LogP contribution < -0.4 is 9.64 Å². The maximum Gasteiger partial charge on any atom is 0.247 e. The second kappa shape index (κ2) is 10.0. The van der Waals surface area contributed by atoms with Crippen molar-refractivity contribution in [3.05, 3.63) is 114 Å². The SMILES string of the molecule is COc1ccc(C2c3cccn3-c3ccccc3N2C(=O)CN(C(=O)C(Cl)c2ccccc2)C2CC2)cc1. The average Bonchev–Trinajstić information content (AvgIpc) is 3.69. The van der Waals surface area contributed by atoms with Crippen molar-refractivity contribution in [3.63, 3.8) is 0 Å². The number of hydrogen-bond donors (Lipinski definition) is 0. The Morgan fingerprint density at radius 2 is 1.61 bits per heavy atom. The standard InChI is InChI=1S/C31H28ClN3O3/c1-38-24-17-13-22(14-18-24)30-27-12-7-19-33(27)25-10-5-6-11-26(25)35(30)28(36)20-34(23-15-16-23)31(37)29(32)21-8-3-2-4-9-21/h2-14,17-19,23,29-30H,15-16,20H2,1H3. The molecule has 0 saturated heterocycles. The highest BCUT2D eigenvalue weighted by molar-refractivity contribution is 6.31. The summed E-state index contributed by atoms with van der Waals surface area (Å²) in [4.78, 5) is 31.3. The van der Waals surface area contributed by atoms with Crippen LogP contribution in [0.15, 0.2) is 97.2 Å². The molecule has 192 valence electrons. The molecule has 2 amide bonds. The first kappa shape index (κ1) is 24.3. The number of halogens is 1. The highest BCUT2D eigenvalue weighted by Gasteiger charge is 2.41. The number of aromatic nitrogens is 1. The fourth-order valence-electron chi connectivity index (χ4n) is 5.27. The van der Waals surface area contributed by atoms with E-state index in [1.807, 2.05) is 102 Å². The van der Waals surface area contributed by atoms with Gasteiger partial charge in [-0.3, -0.25) is 14.5 Å². The lowest BCUT2D eigenvalue weighted by atomic mass is 9.97. The predicted octanol–water partition coefficient (Wildman–Crippen LogP) is 5.89. The van der Waals surface area contributed by atoms with E-state index >= 15 is 0 Å². The number of hydrogen-bond acceptors (Lipinski definition) is 3. The molecule has 6 rings (SSSR count). The van der Waals surface area contributed by atoms with Crippen molar-refractivity contribution >= 4 is 29.1 Å². The molecule has 38 heavy (non-hydrogen) atoms. The van der Waals surface area contributed by atoms with Crippen LogP contribution in [0.4, 0.5) is 5.69 Å². The molecule has 2 aliphatic rings. The van der Waals surface area contributed by atoms with Gasteiger partial charge in [0.1, 0.15) is 23.7 Å². The van der Waals surface area contributed by atoms with Gasteiger partial charge in [0.25, 0.3) is 0 Å². The molecule has 7 heteroatoms. The lowest BCUT2D eigenvalue weighted by Crippen LogP contribution is -2.48. The quantitative estimate of drug-likeness (QED) is 0.283. The first-order chi connectivity index (χ1) is 18.6. The van der Waals surface area contributed by atoms with Crippen LogP contribution in [0.3, 0.4) is 0 Å². The Hall–Kier alpha value is -4.03. The Bertz CT molecular complexity index is 1460. The van der Waals surface area contributed by atoms with Gasteiger partial charge in [0.2, 0.25) is 11.8 Å². The zero-order valence-corrected chi connectivity index (χ0v) is 21.8. The van der Waals surface area contributed by atoms with Gasteiger partial charge in [-0.1, -0.05) is 54.6 Å². The predicted molar refractivity (Wildman–Crippen MR) is 148 cm³/mol. The summed E-state index contributed by atoms with van der Waals surface area (Å²) >= 11 is 6.65. The molecule has 0 N–H and O–H groups in total. The number of nitrogens with zero attached hydrogens (tertiary/aromatic N) is 3. The van der Waals surface area contributed by atoms with Crippen LogP contribution in [0.5, 0.6) is 5.75 Å². The molecule has 2 unspecified atom stereocenters. The molecule has 0 bridgehead atoms. The second-order valence-electron chi connectivity index (χ2n) is 9.70. The highest BCUT2D eigenvalue weighted by Crippen LogP contribution is 2.43. The van der Waals surface area contributed by atoms with Crippen LogP contribution in [0.25, 0.3) is 5.69 Å². The number of carbonyl (C=O) groups is 2. The maximum atomic E-state index is 14.3. The summed E-state index contributed by atoms with van der Waals surface area (Å²) in [7, 11) is 1.63. The molecule has 1 aliphatic carbocycles. The largest absolute Gasteiger partial charge is 0.497 e. The Balaban J connectivity index is 1.38. The van der Waals surface area contributed by atoms with E-state index in [1.54, 1.807) is 12.0 Å². The van der Waals surface area contributed by atoms with Crippen LogP contribution >= 0.6 is 11.6 Å². The van der Waals surface area contributed by atoms with Gasteiger partial charge in [-0.05, 0) is 60.4 Å².